The molecule has 5 nitrogen and oxygen atoms in total. The maximum Gasteiger partial charge on any atom is 0.472 e. The summed E-state index contributed by atoms with van der Waals surface area (Å²) in [5.41, 5.74) is 0. The van der Waals surface area contributed by atoms with Crippen LogP contribution in [0, 0.1) is 5.92 Å². The Labute approximate surface area is 97.0 Å². The summed E-state index contributed by atoms with van der Waals surface area (Å²) in [6, 6.07) is -0.206. The Balaban J connectivity index is 2.68. The summed E-state index contributed by atoms with van der Waals surface area (Å²) in [6.07, 6.45) is 2.38. The molecule has 0 saturated carbocycles. The zero-order chi connectivity index (χ0) is 12.1. The first kappa shape index (κ1) is 13.5. The van der Waals surface area contributed by atoms with Crippen LogP contribution in [0.4, 0.5) is 0 Å². The van der Waals surface area contributed by atoms with Crippen molar-refractivity contribution >= 4 is 13.5 Å². The van der Waals surface area contributed by atoms with Crippen molar-refractivity contribution in [2.45, 2.75) is 38.7 Å². The summed E-state index contributed by atoms with van der Waals surface area (Å²) in [7, 11) is -1.41. The molecule has 3 atom stereocenters. The molecule has 16 heavy (non-hydrogen) atoms. The number of nitrogens with zero attached hydrogens (tertiary/aromatic N) is 1. The Bertz CT molecular complexity index is 228. The van der Waals surface area contributed by atoms with Crippen molar-refractivity contribution in [1.82, 2.24) is 10.2 Å². The Kier molecular flexibility index (Phi) is 5.24. The minimum absolute atomic E-state index is 0.206. The molecule has 0 aliphatic carbocycles. The molecule has 1 aliphatic rings. The fourth-order valence-electron chi connectivity index (χ4n) is 2.44. The van der Waals surface area contributed by atoms with Gasteiger partial charge in [0.2, 0.25) is 6.41 Å². The fourth-order valence-corrected chi connectivity index (χ4v) is 2.44. The summed E-state index contributed by atoms with van der Waals surface area (Å²) in [5, 5.41) is 21.6. The van der Waals surface area contributed by atoms with E-state index in [-0.39, 0.29) is 6.04 Å². The second-order valence-electron chi connectivity index (χ2n) is 4.59. The van der Waals surface area contributed by atoms with Gasteiger partial charge in [0.1, 0.15) is 0 Å². The summed E-state index contributed by atoms with van der Waals surface area (Å²) in [4.78, 5) is 12.5. The highest BCUT2D eigenvalue weighted by Crippen LogP contribution is 2.20. The number of amides is 1. The molecule has 1 unspecified atom stereocenters. The molecule has 3 N–H and O–H groups in total. The van der Waals surface area contributed by atoms with Crippen molar-refractivity contribution in [3.8, 4) is 0 Å². The van der Waals surface area contributed by atoms with Gasteiger partial charge < -0.3 is 20.3 Å². The molecule has 1 fully saturated rings. The van der Waals surface area contributed by atoms with Gasteiger partial charge in [-0.25, -0.2) is 0 Å². The molecule has 6 heteroatoms. The van der Waals surface area contributed by atoms with Crippen molar-refractivity contribution in [2.24, 2.45) is 5.92 Å². The number of hydrogen-bond donors (Lipinski definition) is 3. The van der Waals surface area contributed by atoms with E-state index in [4.69, 9.17) is 0 Å². The van der Waals surface area contributed by atoms with Crippen LogP contribution in [0.15, 0.2) is 0 Å². The molecule has 92 valence electrons. The third-order valence-corrected chi connectivity index (χ3v) is 3.32. The third-order valence-electron chi connectivity index (χ3n) is 3.32. The molecule has 1 aliphatic heterocycles. The molecule has 0 aromatic heterocycles. The Morgan fingerprint density at radius 2 is 2.31 bits per heavy atom. The Morgan fingerprint density at radius 3 is 2.69 bits per heavy atom. The van der Waals surface area contributed by atoms with Gasteiger partial charge in [-0.05, 0) is 25.3 Å². The second-order valence-corrected chi connectivity index (χ2v) is 4.59. The van der Waals surface area contributed by atoms with Gasteiger partial charge in [-0.3, -0.25) is 4.79 Å². The van der Waals surface area contributed by atoms with Crippen molar-refractivity contribution < 1.29 is 14.8 Å². The summed E-state index contributed by atoms with van der Waals surface area (Å²) in [6.45, 7) is 5.80. The average molecular weight is 228 g/mol. The van der Waals surface area contributed by atoms with Gasteiger partial charge in [0.15, 0.2) is 0 Å². The lowest BCUT2D eigenvalue weighted by molar-refractivity contribution is -0.110. The van der Waals surface area contributed by atoms with Crippen LogP contribution in [-0.4, -0.2) is 53.5 Å². The van der Waals surface area contributed by atoms with Crippen molar-refractivity contribution in [3.05, 3.63) is 0 Å². The van der Waals surface area contributed by atoms with Crippen LogP contribution in [0.1, 0.15) is 26.7 Å². The lowest BCUT2D eigenvalue weighted by atomic mass is 9.73. The number of hydrogen-bond acceptors (Lipinski definition) is 4. The van der Waals surface area contributed by atoms with Crippen LogP contribution < -0.4 is 5.32 Å². The smallest absolute Gasteiger partial charge is 0.426 e. The van der Waals surface area contributed by atoms with Crippen LogP contribution in [-0.2, 0) is 4.79 Å². The van der Waals surface area contributed by atoms with Crippen LogP contribution in [0.25, 0.3) is 0 Å². The van der Waals surface area contributed by atoms with Crippen molar-refractivity contribution in [2.75, 3.05) is 13.1 Å². The van der Waals surface area contributed by atoms with E-state index < -0.39 is 13.1 Å². The van der Waals surface area contributed by atoms with E-state index in [1.807, 2.05) is 6.92 Å². The molecule has 0 aromatic rings. The van der Waals surface area contributed by atoms with Crippen LogP contribution >= 0.6 is 0 Å². The van der Waals surface area contributed by atoms with Gasteiger partial charge >= 0.3 is 7.12 Å². The predicted molar refractivity (Wildman–Crippen MR) is 62.6 cm³/mol. The first-order valence-corrected chi connectivity index (χ1v) is 5.90. The van der Waals surface area contributed by atoms with Crippen LogP contribution in [0.3, 0.4) is 0 Å². The van der Waals surface area contributed by atoms with E-state index in [2.05, 4.69) is 17.1 Å². The van der Waals surface area contributed by atoms with E-state index >= 15 is 0 Å². The molecule has 1 heterocycles. The number of likely N-dealkylation sites (tertiary alicyclic amines) is 1. The van der Waals surface area contributed by atoms with E-state index in [0.717, 1.165) is 19.5 Å². The molecular formula is C10H21BN2O3. The molecule has 0 bridgehead atoms. The van der Waals surface area contributed by atoms with Gasteiger partial charge in [-0.2, -0.15) is 0 Å². The van der Waals surface area contributed by atoms with Crippen LogP contribution in [0.5, 0.6) is 0 Å². The largest absolute Gasteiger partial charge is 0.472 e. The van der Waals surface area contributed by atoms with Gasteiger partial charge in [0.25, 0.3) is 0 Å². The fraction of sp³-hybridized carbons (Fsp3) is 0.900. The lowest BCUT2D eigenvalue weighted by Gasteiger charge is -2.33. The average Bonchev–Trinajstić information content (AvgIpc) is 2.63. The van der Waals surface area contributed by atoms with E-state index in [1.165, 1.54) is 0 Å². The monoisotopic (exact) mass is 228 g/mol. The van der Waals surface area contributed by atoms with E-state index in [9.17, 15) is 14.8 Å². The molecule has 1 rings (SSSR count). The highest BCUT2D eigenvalue weighted by molar-refractivity contribution is 6.43. The summed E-state index contributed by atoms with van der Waals surface area (Å²) < 4.78 is 0. The number of carbonyl (C=O) groups excluding carboxylic acids is 1. The predicted octanol–water partition coefficient (Wildman–Crippen LogP) is -0.767. The van der Waals surface area contributed by atoms with Crippen molar-refractivity contribution in [3.63, 3.8) is 0 Å². The van der Waals surface area contributed by atoms with Gasteiger partial charge in [0, 0.05) is 12.6 Å². The normalized spacial score (nSPS) is 25.1. The topological polar surface area (TPSA) is 72.8 Å². The third kappa shape index (κ3) is 3.20. The highest BCUT2D eigenvalue weighted by Gasteiger charge is 2.38. The molecule has 1 amide bonds. The van der Waals surface area contributed by atoms with Gasteiger partial charge in [-0.15, -0.1) is 0 Å². The second kappa shape index (κ2) is 6.22. The standard InChI is InChI=1S/C10H21BN2O3/c1-3-9(12-7-14)10(11(15)16)13-5-4-8(2)6-13/h7-10,15-16H,3-6H2,1-2H3,(H,12,14)/t8-,9+,10?/m0/s1. The SMILES string of the molecule is CC[C@@H](NC=O)C(B(O)O)N1CC[C@H](C)C1. The maximum absolute atomic E-state index is 10.5. The molecule has 1 saturated heterocycles. The van der Waals surface area contributed by atoms with E-state index in [0.29, 0.717) is 18.7 Å². The van der Waals surface area contributed by atoms with Gasteiger partial charge in [-0.1, -0.05) is 13.8 Å². The highest BCUT2D eigenvalue weighted by atomic mass is 16.4. The minimum Gasteiger partial charge on any atom is -0.426 e. The number of rotatable bonds is 6. The quantitative estimate of drug-likeness (QED) is 0.412. The zero-order valence-electron chi connectivity index (χ0n) is 9.97. The number of nitrogens with one attached hydrogen (secondary N) is 1. The first-order chi connectivity index (χ1) is 7.60. The Hall–Kier alpha value is -0.585. The van der Waals surface area contributed by atoms with Crippen molar-refractivity contribution in [1.29, 1.82) is 0 Å². The molecule has 0 radical (unpaired) electrons. The number of carbonyl (C=O) groups is 1. The maximum atomic E-state index is 10.5. The summed E-state index contributed by atoms with van der Waals surface area (Å²) >= 11 is 0. The molecular weight excluding hydrogens is 207 g/mol. The minimum atomic E-state index is -1.41. The lowest BCUT2D eigenvalue weighted by Crippen LogP contribution is -2.57. The molecule has 0 spiro atoms. The zero-order valence-corrected chi connectivity index (χ0v) is 9.97. The van der Waals surface area contributed by atoms with Gasteiger partial charge in [0.05, 0.1) is 5.94 Å². The van der Waals surface area contributed by atoms with E-state index in [1.54, 1.807) is 0 Å². The molecule has 0 aromatic carbocycles. The van der Waals surface area contributed by atoms with Crippen LogP contribution in [0.2, 0.25) is 0 Å². The first-order valence-electron chi connectivity index (χ1n) is 5.90. The summed E-state index contributed by atoms with van der Waals surface area (Å²) in [5.74, 6) is 0.176. The Morgan fingerprint density at radius 1 is 1.62 bits per heavy atom.